The third-order valence-corrected chi connectivity index (χ3v) is 4.86. The highest BCUT2D eigenvalue weighted by molar-refractivity contribution is 6.46. The molecule has 7 heteroatoms. The summed E-state index contributed by atoms with van der Waals surface area (Å²) in [5.74, 6) is -1.14. The Kier molecular flexibility index (Phi) is 6.02. The first-order valence-corrected chi connectivity index (χ1v) is 9.03. The molecule has 1 atom stereocenters. The molecule has 146 valence electrons. The number of aliphatic hydroxyl groups excluding tert-OH is 1. The third-order valence-electron chi connectivity index (χ3n) is 4.61. The number of ether oxygens (including phenoxy) is 2. The summed E-state index contributed by atoms with van der Waals surface area (Å²) in [6.45, 7) is 0.472. The zero-order chi connectivity index (χ0) is 20.3. The number of amides is 1. The summed E-state index contributed by atoms with van der Waals surface area (Å²) in [6.07, 6.45) is 0. The first-order chi connectivity index (χ1) is 13.5. The van der Waals surface area contributed by atoms with E-state index in [1.807, 2.05) is 0 Å². The molecule has 0 radical (unpaired) electrons. The fourth-order valence-corrected chi connectivity index (χ4v) is 3.34. The predicted molar refractivity (Wildman–Crippen MR) is 105 cm³/mol. The van der Waals surface area contributed by atoms with Crippen molar-refractivity contribution in [2.45, 2.75) is 6.04 Å². The number of halogens is 1. The highest BCUT2D eigenvalue weighted by Crippen LogP contribution is 2.39. The second kappa shape index (κ2) is 8.46. The lowest BCUT2D eigenvalue weighted by molar-refractivity contribution is -0.140. The summed E-state index contributed by atoms with van der Waals surface area (Å²) in [7, 11) is 3.03. The first-order valence-electron chi connectivity index (χ1n) is 8.65. The average molecular weight is 402 g/mol. The molecule has 1 heterocycles. The molecule has 1 amide bonds. The van der Waals surface area contributed by atoms with Crippen molar-refractivity contribution in [3.8, 4) is 5.75 Å². The number of rotatable bonds is 6. The van der Waals surface area contributed by atoms with E-state index in [-0.39, 0.29) is 24.5 Å². The molecule has 0 bridgehead atoms. The summed E-state index contributed by atoms with van der Waals surface area (Å²) >= 11 is 5.98. The number of benzene rings is 2. The van der Waals surface area contributed by atoms with Gasteiger partial charge in [-0.1, -0.05) is 35.9 Å². The van der Waals surface area contributed by atoms with E-state index in [0.717, 1.165) is 0 Å². The molecule has 6 nitrogen and oxygen atoms in total. The van der Waals surface area contributed by atoms with E-state index in [1.165, 1.54) is 19.1 Å². The van der Waals surface area contributed by atoms with Crippen LogP contribution in [0.2, 0.25) is 5.02 Å². The summed E-state index contributed by atoms with van der Waals surface area (Å²) in [4.78, 5) is 26.9. The van der Waals surface area contributed by atoms with Crippen molar-refractivity contribution in [1.29, 1.82) is 0 Å². The van der Waals surface area contributed by atoms with Gasteiger partial charge in [0.1, 0.15) is 11.5 Å². The average Bonchev–Trinajstić information content (AvgIpc) is 2.97. The molecule has 1 N–H and O–H groups in total. The Hall–Kier alpha value is -2.83. The van der Waals surface area contributed by atoms with Crippen LogP contribution in [0, 0.1) is 0 Å². The van der Waals surface area contributed by atoms with Gasteiger partial charge in [-0.15, -0.1) is 0 Å². The number of carbonyl (C=O) groups is 2. The lowest BCUT2D eigenvalue weighted by Gasteiger charge is -2.25. The van der Waals surface area contributed by atoms with E-state index in [2.05, 4.69) is 0 Å². The van der Waals surface area contributed by atoms with Gasteiger partial charge in [-0.2, -0.15) is 0 Å². The third kappa shape index (κ3) is 3.74. The van der Waals surface area contributed by atoms with Crippen LogP contribution in [0.15, 0.2) is 54.1 Å². The van der Waals surface area contributed by atoms with Crippen molar-refractivity contribution >= 4 is 29.1 Å². The topological polar surface area (TPSA) is 76.1 Å². The molecule has 2 aromatic carbocycles. The minimum absolute atomic E-state index is 0.0247. The van der Waals surface area contributed by atoms with Crippen LogP contribution in [0.5, 0.6) is 5.75 Å². The molecule has 0 aromatic heterocycles. The zero-order valence-corrected chi connectivity index (χ0v) is 16.3. The van der Waals surface area contributed by atoms with Crippen molar-refractivity contribution in [3.05, 3.63) is 70.3 Å². The molecule has 1 unspecified atom stereocenters. The molecule has 0 spiro atoms. The molecule has 3 rings (SSSR count). The Morgan fingerprint density at radius 3 is 2.50 bits per heavy atom. The quantitative estimate of drug-likeness (QED) is 0.456. The van der Waals surface area contributed by atoms with Gasteiger partial charge in [0.25, 0.3) is 11.7 Å². The number of hydrogen-bond donors (Lipinski definition) is 1. The van der Waals surface area contributed by atoms with Gasteiger partial charge in [0.05, 0.1) is 25.3 Å². The van der Waals surface area contributed by atoms with E-state index in [9.17, 15) is 14.7 Å². The van der Waals surface area contributed by atoms with Gasteiger partial charge >= 0.3 is 0 Å². The van der Waals surface area contributed by atoms with Crippen molar-refractivity contribution in [3.63, 3.8) is 0 Å². The maximum Gasteiger partial charge on any atom is 0.295 e. The summed E-state index contributed by atoms with van der Waals surface area (Å²) in [6, 6.07) is 12.8. The van der Waals surface area contributed by atoms with Crippen molar-refractivity contribution in [1.82, 2.24) is 4.90 Å². The van der Waals surface area contributed by atoms with E-state index in [1.54, 1.807) is 48.5 Å². The Morgan fingerprint density at radius 2 is 1.86 bits per heavy atom. The van der Waals surface area contributed by atoms with Crippen molar-refractivity contribution in [2.24, 2.45) is 0 Å². The minimum Gasteiger partial charge on any atom is -0.507 e. The largest absolute Gasteiger partial charge is 0.507 e. The molecule has 0 aliphatic carbocycles. The van der Waals surface area contributed by atoms with Crippen LogP contribution >= 0.6 is 11.6 Å². The van der Waals surface area contributed by atoms with E-state index in [4.69, 9.17) is 21.1 Å². The fraction of sp³-hybridized carbons (Fsp3) is 0.238. The number of carbonyl (C=O) groups excluding carboxylic acids is 2. The minimum atomic E-state index is -0.739. The van der Waals surface area contributed by atoms with Crippen LogP contribution in [-0.4, -0.2) is 49.1 Å². The standard InChI is InChI=1S/C21H20ClNO5/c1-27-11-10-23-18(13-6-8-15(22)9-7-13)17(20(25)21(23)26)19(24)14-4-3-5-16(12-14)28-2/h3-9,12,18,24H,10-11H2,1-2H3/b19-17-. The van der Waals surface area contributed by atoms with Crippen LogP contribution in [0.3, 0.4) is 0 Å². The maximum absolute atomic E-state index is 12.8. The van der Waals surface area contributed by atoms with Crippen molar-refractivity contribution < 1.29 is 24.2 Å². The first kappa shape index (κ1) is 19.9. The number of hydrogen-bond acceptors (Lipinski definition) is 5. The Bertz CT molecular complexity index is 923. The molecule has 1 aliphatic rings. The van der Waals surface area contributed by atoms with Gasteiger partial charge < -0.3 is 19.5 Å². The van der Waals surface area contributed by atoms with Gasteiger partial charge in [0.2, 0.25) is 0 Å². The molecule has 2 aromatic rings. The maximum atomic E-state index is 12.8. The lowest BCUT2D eigenvalue weighted by Crippen LogP contribution is -2.32. The Labute approximate surface area is 167 Å². The van der Waals surface area contributed by atoms with E-state index in [0.29, 0.717) is 21.9 Å². The van der Waals surface area contributed by atoms with Crippen molar-refractivity contribution in [2.75, 3.05) is 27.4 Å². The van der Waals surface area contributed by atoms with Crippen LogP contribution < -0.4 is 4.74 Å². The number of aliphatic hydroxyl groups is 1. The predicted octanol–water partition coefficient (Wildman–Crippen LogP) is 3.42. The summed E-state index contributed by atoms with van der Waals surface area (Å²) in [5, 5.41) is 11.5. The number of likely N-dealkylation sites (tertiary alicyclic amines) is 1. The smallest absolute Gasteiger partial charge is 0.295 e. The summed E-state index contributed by atoms with van der Waals surface area (Å²) < 4.78 is 10.3. The van der Waals surface area contributed by atoms with E-state index < -0.39 is 17.7 Å². The van der Waals surface area contributed by atoms with Gasteiger partial charge in [-0.3, -0.25) is 9.59 Å². The number of Topliss-reactive ketones (excluding diaryl/α,β-unsaturated/α-hetero) is 1. The van der Waals surface area contributed by atoms with Crippen LogP contribution in [0.1, 0.15) is 17.2 Å². The molecule has 28 heavy (non-hydrogen) atoms. The lowest BCUT2D eigenvalue weighted by atomic mass is 9.95. The van der Waals surface area contributed by atoms with Gasteiger partial charge in [0.15, 0.2) is 0 Å². The second-order valence-electron chi connectivity index (χ2n) is 6.27. The van der Waals surface area contributed by atoms with Crippen LogP contribution in [-0.2, 0) is 14.3 Å². The monoisotopic (exact) mass is 401 g/mol. The second-order valence-corrected chi connectivity index (χ2v) is 6.71. The molecular formula is C21H20ClNO5. The van der Waals surface area contributed by atoms with Crippen LogP contribution in [0.25, 0.3) is 5.76 Å². The fourth-order valence-electron chi connectivity index (χ4n) is 3.22. The molecule has 1 aliphatic heterocycles. The normalized spacial score (nSPS) is 18.5. The Morgan fingerprint density at radius 1 is 1.14 bits per heavy atom. The van der Waals surface area contributed by atoms with Crippen LogP contribution in [0.4, 0.5) is 0 Å². The molecule has 1 fully saturated rings. The molecule has 0 saturated carbocycles. The zero-order valence-electron chi connectivity index (χ0n) is 15.5. The van der Waals surface area contributed by atoms with Gasteiger partial charge in [0, 0.05) is 24.2 Å². The number of ketones is 1. The van der Waals surface area contributed by atoms with E-state index >= 15 is 0 Å². The highest BCUT2D eigenvalue weighted by atomic mass is 35.5. The summed E-state index contributed by atoms with van der Waals surface area (Å²) in [5.41, 5.74) is 1.09. The number of nitrogens with zero attached hydrogens (tertiary/aromatic N) is 1. The van der Waals surface area contributed by atoms with Gasteiger partial charge in [-0.25, -0.2) is 0 Å². The SMILES string of the molecule is COCCN1C(=O)C(=O)/C(=C(\O)c2cccc(OC)c2)C1c1ccc(Cl)cc1. The Balaban J connectivity index is 2.15. The molecule has 1 saturated heterocycles. The highest BCUT2D eigenvalue weighted by Gasteiger charge is 2.45. The molecular weight excluding hydrogens is 382 g/mol. The van der Waals surface area contributed by atoms with Gasteiger partial charge in [-0.05, 0) is 29.8 Å². The number of methoxy groups -OCH3 is 2.